The third kappa shape index (κ3) is 15.2. The van der Waals surface area contributed by atoms with E-state index in [1.54, 1.807) is 6.08 Å². The van der Waals surface area contributed by atoms with Crippen molar-refractivity contribution >= 4 is 6.29 Å². The first-order valence-electron chi connectivity index (χ1n) is 9.29. The molecule has 0 aromatic carbocycles. The van der Waals surface area contributed by atoms with E-state index >= 15 is 0 Å². The Hall–Kier alpha value is -1.71. The molecule has 0 saturated heterocycles. The molecule has 0 N–H and O–H groups in total. The van der Waals surface area contributed by atoms with Gasteiger partial charge in [0.25, 0.3) is 0 Å². The molecule has 0 aliphatic carbocycles. The van der Waals surface area contributed by atoms with Gasteiger partial charge >= 0.3 is 0 Å². The van der Waals surface area contributed by atoms with Crippen molar-refractivity contribution in [3.63, 3.8) is 0 Å². The average molecular weight is 335 g/mol. The Labute approximate surface area is 146 Å². The van der Waals surface area contributed by atoms with Gasteiger partial charge < -0.3 is 4.79 Å². The Bertz CT molecular complexity index is 411. The summed E-state index contributed by atoms with van der Waals surface area (Å²) < 4.78 is 0. The van der Waals surface area contributed by atoms with Crippen LogP contribution in [-0.2, 0) is 4.79 Å². The summed E-state index contributed by atoms with van der Waals surface area (Å²) in [7, 11) is 0. The Kier molecular flexibility index (Phi) is 16.4. The monoisotopic (exact) mass is 335 g/mol. The normalized spacial score (nSPS) is 12.3. The van der Waals surface area contributed by atoms with Gasteiger partial charge in [0.1, 0.15) is 6.29 Å². The maximum absolute atomic E-state index is 10.9. The van der Waals surface area contributed by atoms with Crippen LogP contribution in [0.25, 0.3) is 0 Å². The van der Waals surface area contributed by atoms with E-state index in [1.807, 2.05) is 12.2 Å². The number of nitrogens with zero attached hydrogens (tertiary/aromatic N) is 1. The molecular weight excluding hydrogens is 302 g/mol. The summed E-state index contributed by atoms with van der Waals surface area (Å²) in [6.45, 7) is 2.23. The topological polar surface area (TPSA) is 60.2 Å². The van der Waals surface area contributed by atoms with Crippen LogP contribution < -0.4 is 0 Å². The van der Waals surface area contributed by atoms with E-state index < -0.39 is 0 Å². The van der Waals surface area contributed by atoms with E-state index in [1.165, 1.54) is 38.5 Å². The number of rotatable bonds is 16. The maximum atomic E-state index is 10.9. The van der Waals surface area contributed by atoms with Gasteiger partial charge in [-0.3, -0.25) is 10.1 Å². The molecule has 136 valence electrons. The number of allylic oxidation sites excluding steroid dienone is 6. The number of aldehydes is 1. The van der Waals surface area contributed by atoms with Crippen molar-refractivity contribution in [1.82, 2.24) is 0 Å². The Morgan fingerprint density at radius 2 is 1.54 bits per heavy atom. The second-order valence-electron chi connectivity index (χ2n) is 5.98. The fraction of sp³-hybridized carbons (Fsp3) is 0.650. The summed E-state index contributed by atoms with van der Waals surface area (Å²) in [5.74, 6) is 0. The van der Waals surface area contributed by atoms with Crippen molar-refractivity contribution in [2.45, 2.75) is 84.0 Å². The summed E-state index contributed by atoms with van der Waals surface area (Å²) in [5, 5.41) is 10.9. The predicted octanol–water partition coefficient (Wildman–Crippen LogP) is 6.16. The van der Waals surface area contributed by atoms with Crippen LogP contribution in [0.5, 0.6) is 0 Å². The minimum absolute atomic E-state index is 0.208. The molecule has 0 unspecified atom stereocenters. The molecule has 0 fully saturated rings. The van der Waals surface area contributed by atoms with E-state index in [0.717, 1.165) is 19.1 Å². The molecule has 0 atom stereocenters. The van der Waals surface area contributed by atoms with Crippen LogP contribution in [0.2, 0.25) is 0 Å². The van der Waals surface area contributed by atoms with Crippen molar-refractivity contribution in [1.29, 1.82) is 0 Å². The lowest BCUT2D eigenvalue weighted by molar-refractivity contribution is -0.428. The Balaban J connectivity index is 3.74. The molecule has 0 amide bonds. The lowest BCUT2D eigenvalue weighted by Gasteiger charge is -1.97. The molecule has 24 heavy (non-hydrogen) atoms. The quantitative estimate of drug-likeness (QED) is 0.112. The van der Waals surface area contributed by atoms with Gasteiger partial charge in [-0.1, -0.05) is 63.3 Å². The van der Waals surface area contributed by atoms with E-state index in [9.17, 15) is 14.9 Å². The summed E-state index contributed by atoms with van der Waals surface area (Å²) >= 11 is 0. The van der Waals surface area contributed by atoms with Crippen molar-refractivity contribution in [2.75, 3.05) is 0 Å². The molecule has 0 bridgehead atoms. The molecule has 0 aromatic heterocycles. The highest BCUT2D eigenvalue weighted by Crippen LogP contribution is 2.09. The maximum Gasteiger partial charge on any atom is 0.242 e. The number of carbonyl (C=O) groups excluding carboxylic acids is 1. The Morgan fingerprint density at radius 1 is 0.875 bits per heavy atom. The molecule has 0 heterocycles. The minimum Gasteiger partial charge on any atom is -0.303 e. The van der Waals surface area contributed by atoms with Crippen molar-refractivity contribution in [3.8, 4) is 0 Å². The predicted molar refractivity (Wildman–Crippen MR) is 100 cm³/mol. The fourth-order valence-corrected chi connectivity index (χ4v) is 2.37. The van der Waals surface area contributed by atoms with Crippen molar-refractivity contribution in [2.24, 2.45) is 0 Å². The van der Waals surface area contributed by atoms with Gasteiger partial charge in [0.15, 0.2) is 0 Å². The number of unbranched alkanes of at least 4 members (excludes halogenated alkanes) is 7. The summed E-state index contributed by atoms with van der Waals surface area (Å²) in [4.78, 5) is 20.7. The molecule has 4 nitrogen and oxygen atoms in total. The first-order valence-corrected chi connectivity index (χ1v) is 9.29. The standard InChI is InChI=1S/C20H33NO3/c1-2-3-4-5-6-7-8-9-10-11-12-13-14-17-20(21(23)24)18-15-16-19-22/h9-10,12-13,17,19H,2-8,11,14-16,18H2,1H3/b10-9-,13-12-,20-17+. The summed E-state index contributed by atoms with van der Waals surface area (Å²) in [5.41, 5.74) is 0.208. The lowest BCUT2D eigenvalue weighted by atomic mass is 10.1. The zero-order valence-corrected chi connectivity index (χ0v) is 15.1. The highest BCUT2D eigenvalue weighted by atomic mass is 16.6. The fourth-order valence-electron chi connectivity index (χ4n) is 2.37. The zero-order chi connectivity index (χ0) is 17.9. The average Bonchev–Trinajstić information content (AvgIpc) is 2.57. The van der Waals surface area contributed by atoms with Gasteiger partial charge in [-0.15, -0.1) is 0 Å². The van der Waals surface area contributed by atoms with E-state index in [-0.39, 0.29) is 10.6 Å². The SMILES string of the molecule is CCCCCCCC/C=C\C/C=C\C/C=C(\CCCC=O)[N+](=O)[O-]. The van der Waals surface area contributed by atoms with Crippen molar-refractivity contribution < 1.29 is 9.72 Å². The van der Waals surface area contributed by atoms with Crippen LogP contribution in [0.3, 0.4) is 0 Å². The zero-order valence-electron chi connectivity index (χ0n) is 15.1. The van der Waals surface area contributed by atoms with Crippen LogP contribution in [0.1, 0.15) is 84.0 Å². The van der Waals surface area contributed by atoms with Gasteiger partial charge in [-0.25, -0.2) is 0 Å². The lowest BCUT2D eigenvalue weighted by Crippen LogP contribution is -1.98. The molecule has 0 spiro atoms. The number of carbonyl (C=O) groups is 1. The third-order valence-electron chi connectivity index (χ3n) is 3.81. The molecule has 0 aromatic rings. The molecule has 0 saturated carbocycles. The van der Waals surface area contributed by atoms with E-state index in [4.69, 9.17) is 0 Å². The smallest absolute Gasteiger partial charge is 0.242 e. The number of nitro groups is 1. The van der Waals surface area contributed by atoms with Gasteiger partial charge in [0.05, 0.1) is 4.92 Å². The number of hydrogen-bond acceptors (Lipinski definition) is 3. The highest BCUT2D eigenvalue weighted by molar-refractivity contribution is 5.49. The number of hydrogen-bond donors (Lipinski definition) is 0. The summed E-state index contributed by atoms with van der Waals surface area (Å²) in [6.07, 6.45) is 22.6. The van der Waals surface area contributed by atoms with Gasteiger partial charge in [-0.2, -0.15) is 0 Å². The molecule has 0 aliphatic heterocycles. The van der Waals surface area contributed by atoms with Crippen LogP contribution in [0.4, 0.5) is 0 Å². The molecular formula is C20H33NO3. The Morgan fingerprint density at radius 3 is 2.25 bits per heavy atom. The van der Waals surface area contributed by atoms with E-state index in [0.29, 0.717) is 25.7 Å². The van der Waals surface area contributed by atoms with Crippen LogP contribution in [0.15, 0.2) is 36.1 Å². The van der Waals surface area contributed by atoms with Crippen molar-refractivity contribution in [3.05, 3.63) is 46.2 Å². The van der Waals surface area contributed by atoms with Gasteiger partial charge in [0, 0.05) is 12.8 Å². The van der Waals surface area contributed by atoms with Crippen LogP contribution in [0, 0.1) is 10.1 Å². The highest BCUT2D eigenvalue weighted by Gasteiger charge is 2.08. The van der Waals surface area contributed by atoms with Gasteiger partial charge in [0.2, 0.25) is 5.70 Å². The second kappa shape index (κ2) is 17.6. The molecule has 0 aliphatic rings. The van der Waals surface area contributed by atoms with Gasteiger partial charge in [-0.05, 0) is 38.2 Å². The summed E-state index contributed by atoms with van der Waals surface area (Å²) in [6, 6.07) is 0. The molecule has 0 rings (SSSR count). The first kappa shape index (κ1) is 22.3. The van der Waals surface area contributed by atoms with E-state index in [2.05, 4.69) is 19.1 Å². The molecule has 4 heteroatoms. The van der Waals surface area contributed by atoms with Crippen LogP contribution >= 0.6 is 0 Å². The largest absolute Gasteiger partial charge is 0.303 e. The minimum atomic E-state index is -0.348. The first-order chi connectivity index (χ1) is 11.7. The van der Waals surface area contributed by atoms with Crippen LogP contribution in [-0.4, -0.2) is 11.2 Å². The second-order valence-corrected chi connectivity index (χ2v) is 5.98. The molecule has 0 radical (unpaired) electrons. The third-order valence-corrected chi connectivity index (χ3v) is 3.81.